The molecule has 174 valence electrons. The molecule has 2 aliphatic heterocycles. The highest BCUT2D eigenvalue weighted by Crippen LogP contribution is 2.32. The lowest BCUT2D eigenvalue weighted by Crippen LogP contribution is -2.59. The Bertz CT molecular complexity index is 1190. The molecule has 4 amide bonds. The first-order valence-electron chi connectivity index (χ1n) is 11.6. The minimum Gasteiger partial charge on any atom is -0.348 e. The summed E-state index contributed by atoms with van der Waals surface area (Å²) >= 11 is 0. The van der Waals surface area contributed by atoms with E-state index in [1.165, 1.54) is 5.01 Å². The monoisotopic (exact) mass is 458 g/mol. The van der Waals surface area contributed by atoms with E-state index in [9.17, 15) is 19.2 Å². The van der Waals surface area contributed by atoms with Crippen LogP contribution in [0.2, 0.25) is 0 Å². The van der Waals surface area contributed by atoms with Crippen LogP contribution in [0.1, 0.15) is 41.6 Å². The minimum absolute atomic E-state index is 0.118. The molecule has 3 aliphatic rings. The fourth-order valence-corrected chi connectivity index (χ4v) is 4.81. The van der Waals surface area contributed by atoms with Crippen LogP contribution in [-0.2, 0) is 20.9 Å². The Balaban J connectivity index is 1.27. The Morgan fingerprint density at radius 3 is 2.53 bits per heavy atom. The van der Waals surface area contributed by atoms with Crippen LogP contribution in [-0.4, -0.2) is 30.2 Å². The van der Waals surface area contributed by atoms with Gasteiger partial charge < -0.3 is 10.2 Å². The average Bonchev–Trinajstić information content (AvgIpc) is 3.31. The number of allylic oxidation sites excluding steroid dienone is 2. The number of hydrogen-bond acceptors (Lipinski definition) is 4. The first kappa shape index (κ1) is 21.9. The molecule has 8 heteroatoms. The van der Waals surface area contributed by atoms with E-state index in [0.717, 1.165) is 17.7 Å². The predicted octanol–water partition coefficient (Wildman–Crippen LogP) is 2.70. The van der Waals surface area contributed by atoms with Crippen molar-refractivity contribution in [2.24, 2.45) is 11.8 Å². The quantitative estimate of drug-likeness (QED) is 0.673. The highest BCUT2D eigenvalue weighted by molar-refractivity contribution is 6.05. The van der Waals surface area contributed by atoms with Gasteiger partial charge in [-0.2, -0.15) is 0 Å². The van der Waals surface area contributed by atoms with E-state index in [1.54, 1.807) is 29.2 Å². The number of anilines is 2. The van der Waals surface area contributed by atoms with Crippen molar-refractivity contribution in [1.82, 2.24) is 10.7 Å². The molecule has 2 saturated heterocycles. The van der Waals surface area contributed by atoms with Crippen LogP contribution in [0.25, 0.3) is 0 Å². The van der Waals surface area contributed by atoms with Gasteiger partial charge in [-0.1, -0.05) is 30.4 Å². The molecule has 2 unspecified atom stereocenters. The number of nitrogens with one attached hydrogen (secondary N) is 2. The molecule has 0 aromatic heterocycles. The number of hydrogen-bond donors (Lipinski definition) is 2. The zero-order chi connectivity index (χ0) is 23.7. The van der Waals surface area contributed by atoms with Crippen molar-refractivity contribution in [2.45, 2.75) is 32.2 Å². The van der Waals surface area contributed by atoms with Crippen LogP contribution >= 0.6 is 0 Å². The summed E-state index contributed by atoms with van der Waals surface area (Å²) in [6.45, 7) is 1.01. The predicted molar refractivity (Wildman–Crippen MR) is 127 cm³/mol. The van der Waals surface area contributed by atoms with Gasteiger partial charge >= 0.3 is 0 Å². The molecule has 2 heterocycles. The van der Waals surface area contributed by atoms with Gasteiger partial charge in [-0.3, -0.25) is 24.6 Å². The summed E-state index contributed by atoms with van der Waals surface area (Å²) in [5.74, 6) is -1.25. The molecule has 5 rings (SSSR count). The fourth-order valence-electron chi connectivity index (χ4n) is 4.81. The Kier molecular flexibility index (Phi) is 5.88. The normalized spacial score (nSPS) is 21.9. The van der Waals surface area contributed by atoms with Crippen LogP contribution in [0.5, 0.6) is 0 Å². The molecule has 2 atom stereocenters. The van der Waals surface area contributed by atoms with E-state index in [1.807, 2.05) is 36.4 Å². The lowest BCUT2D eigenvalue weighted by atomic mass is 9.80. The van der Waals surface area contributed by atoms with Crippen molar-refractivity contribution >= 4 is 35.0 Å². The minimum atomic E-state index is -0.383. The maximum absolute atomic E-state index is 13.0. The van der Waals surface area contributed by atoms with Gasteiger partial charge in [-0.05, 0) is 55.2 Å². The van der Waals surface area contributed by atoms with Gasteiger partial charge in [-0.15, -0.1) is 0 Å². The second-order valence-corrected chi connectivity index (χ2v) is 8.86. The second-order valence-electron chi connectivity index (χ2n) is 8.86. The first-order chi connectivity index (χ1) is 16.5. The number of benzene rings is 2. The zero-order valence-corrected chi connectivity index (χ0v) is 18.7. The highest BCUT2D eigenvalue weighted by atomic mass is 16.2. The summed E-state index contributed by atoms with van der Waals surface area (Å²) in [5, 5.41) is 4.16. The number of nitrogens with zero attached hydrogens (tertiary/aromatic N) is 2. The van der Waals surface area contributed by atoms with Gasteiger partial charge in [0.25, 0.3) is 5.91 Å². The summed E-state index contributed by atoms with van der Waals surface area (Å²) in [6.07, 6.45) is 6.40. The lowest BCUT2D eigenvalue weighted by Gasteiger charge is -2.38. The van der Waals surface area contributed by atoms with Crippen molar-refractivity contribution in [3.63, 3.8) is 0 Å². The number of carbonyl (C=O) groups is 4. The number of amides is 4. The molecule has 2 aromatic rings. The summed E-state index contributed by atoms with van der Waals surface area (Å²) in [6, 6.07) is 14.2. The molecule has 0 spiro atoms. The molecule has 34 heavy (non-hydrogen) atoms. The van der Waals surface area contributed by atoms with E-state index in [4.69, 9.17) is 0 Å². The van der Waals surface area contributed by atoms with Gasteiger partial charge in [-0.25, -0.2) is 5.01 Å². The van der Waals surface area contributed by atoms with Crippen LogP contribution in [0.3, 0.4) is 0 Å². The van der Waals surface area contributed by atoms with Gasteiger partial charge in [0, 0.05) is 30.8 Å². The van der Waals surface area contributed by atoms with E-state index < -0.39 is 0 Å². The summed E-state index contributed by atoms with van der Waals surface area (Å²) in [7, 11) is 0. The standard InChI is InChI=1S/C26H26N4O4/c31-23-12-5-13-29(23)19-8-3-6-17(14-19)16-27-24(32)18-7-4-9-20(15-18)30-26(34)22-11-2-1-10-21(22)25(33)28-30/h1-4,6-9,14-15,21-22H,5,10-13,16H2,(H,27,32)(H,28,33). The van der Waals surface area contributed by atoms with Crippen molar-refractivity contribution in [3.05, 3.63) is 71.8 Å². The van der Waals surface area contributed by atoms with Crippen molar-refractivity contribution in [2.75, 3.05) is 16.5 Å². The number of hydrazine groups is 1. The molecule has 8 nitrogen and oxygen atoms in total. The Morgan fingerprint density at radius 1 is 0.971 bits per heavy atom. The van der Waals surface area contributed by atoms with Gasteiger partial charge in [0.2, 0.25) is 17.7 Å². The molecule has 2 aromatic carbocycles. The average molecular weight is 459 g/mol. The van der Waals surface area contributed by atoms with E-state index in [-0.39, 0.29) is 35.5 Å². The molecule has 0 radical (unpaired) electrons. The van der Waals surface area contributed by atoms with E-state index in [0.29, 0.717) is 43.6 Å². The third kappa shape index (κ3) is 4.19. The summed E-state index contributed by atoms with van der Waals surface area (Å²) < 4.78 is 0. The fraction of sp³-hybridized carbons (Fsp3) is 0.308. The van der Waals surface area contributed by atoms with Crippen molar-refractivity contribution in [3.8, 4) is 0 Å². The summed E-state index contributed by atoms with van der Waals surface area (Å²) in [4.78, 5) is 52.2. The molecule has 0 saturated carbocycles. The Labute approximate surface area is 197 Å². The molecular weight excluding hydrogens is 432 g/mol. The van der Waals surface area contributed by atoms with E-state index in [2.05, 4.69) is 10.7 Å². The molecular formula is C26H26N4O4. The van der Waals surface area contributed by atoms with Crippen LogP contribution in [0.4, 0.5) is 11.4 Å². The Hall–Kier alpha value is -3.94. The number of fused-ring (bicyclic) bond motifs is 1. The maximum atomic E-state index is 13.0. The largest absolute Gasteiger partial charge is 0.348 e. The maximum Gasteiger partial charge on any atom is 0.251 e. The molecule has 2 fully saturated rings. The zero-order valence-electron chi connectivity index (χ0n) is 18.7. The third-order valence-electron chi connectivity index (χ3n) is 6.64. The van der Waals surface area contributed by atoms with Crippen LogP contribution in [0.15, 0.2) is 60.7 Å². The van der Waals surface area contributed by atoms with Crippen molar-refractivity contribution < 1.29 is 19.2 Å². The van der Waals surface area contributed by atoms with Crippen LogP contribution < -0.4 is 20.7 Å². The number of rotatable bonds is 5. The molecule has 1 aliphatic carbocycles. The second kappa shape index (κ2) is 9.13. The smallest absolute Gasteiger partial charge is 0.251 e. The third-order valence-corrected chi connectivity index (χ3v) is 6.64. The first-order valence-corrected chi connectivity index (χ1v) is 11.6. The topological polar surface area (TPSA) is 98.8 Å². The van der Waals surface area contributed by atoms with Crippen molar-refractivity contribution in [1.29, 1.82) is 0 Å². The highest BCUT2D eigenvalue weighted by Gasteiger charge is 2.42. The van der Waals surface area contributed by atoms with Gasteiger partial charge in [0.05, 0.1) is 17.5 Å². The SMILES string of the molecule is O=C(NCc1cccc(N2CCCC2=O)c1)c1cccc(N2NC(=O)C3CC=CCC3C2=O)c1. The van der Waals surface area contributed by atoms with E-state index >= 15 is 0 Å². The molecule has 0 bridgehead atoms. The van der Waals surface area contributed by atoms with Gasteiger partial charge in [0.15, 0.2) is 0 Å². The Morgan fingerprint density at radius 2 is 1.74 bits per heavy atom. The number of carbonyl (C=O) groups excluding carboxylic acids is 4. The van der Waals surface area contributed by atoms with Gasteiger partial charge in [0.1, 0.15) is 0 Å². The van der Waals surface area contributed by atoms with Crippen LogP contribution in [0, 0.1) is 11.8 Å². The summed E-state index contributed by atoms with van der Waals surface area (Å²) in [5.41, 5.74) is 5.25. The lowest BCUT2D eigenvalue weighted by molar-refractivity contribution is -0.139. The molecule has 2 N–H and O–H groups in total.